The van der Waals surface area contributed by atoms with Crippen LogP contribution in [0.25, 0.3) is 0 Å². The highest BCUT2D eigenvalue weighted by Gasteiger charge is 2.13. The van der Waals surface area contributed by atoms with Gasteiger partial charge in [0, 0.05) is 13.1 Å². The van der Waals surface area contributed by atoms with Crippen LogP contribution < -0.4 is 24.8 Å². The van der Waals surface area contributed by atoms with Gasteiger partial charge in [0.2, 0.25) is 5.75 Å². The number of hydrogen-bond donors (Lipinski definition) is 2. The van der Waals surface area contributed by atoms with Gasteiger partial charge in [-0.1, -0.05) is 24.3 Å². The fraction of sp³-hybridized carbons (Fsp3) is 0.316. The Morgan fingerprint density at radius 2 is 1.52 bits per heavy atom. The summed E-state index contributed by atoms with van der Waals surface area (Å²) in [4.78, 5) is 12.0. The Labute approximate surface area is 148 Å². The molecular formula is C19H24N2O4. The summed E-state index contributed by atoms with van der Waals surface area (Å²) < 4.78 is 15.9. The van der Waals surface area contributed by atoms with Crippen LogP contribution in [0.3, 0.4) is 0 Å². The van der Waals surface area contributed by atoms with Gasteiger partial charge in [-0.3, -0.25) is 0 Å². The molecule has 0 aliphatic carbocycles. The van der Waals surface area contributed by atoms with Gasteiger partial charge in [-0.15, -0.1) is 0 Å². The van der Waals surface area contributed by atoms with Gasteiger partial charge in [0.25, 0.3) is 0 Å². The molecule has 0 atom stereocenters. The number of rotatable bonds is 7. The average Bonchev–Trinajstić information content (AvgIpc) is 2.64. The molecule has 0 fully saturated rings. The summed E-state index contributed by atoms with van der Waals surface area (Å²) >= 11 is 0. The van der Waals surface area contributed by atoms with Crippen molar-refractivity contribution in [2.24, 2.45) is 0 Å². The second-order valence-electron chi connectivity index (χ2n) is 5.50. The Hall–Kier alpha value is -2.89. The zero-order valence-electron chi connectivity index (χ0n) is 15.0. The third-order valence-corrected chi connectivity index (χ3v) is 3.88. The Morgan fingerprint density at radius 3 is 2.08 bits per heavy atom. The maximum Gasteiger partial charge on any atom is 0.315 e. The van der Waals surface area contributed by atoms with Crippen molar-refractivity contribution >= 4 is 6.03 Å². The number of carbonyl (C=O) groups excluding carboxylic acids is 1. The lowest BCUT2D eigenvalue weighted by Crippen LogP contribution is -2.34. The van der Waals surface area contributed by atoms with Crippen LogP contribution in [0.1, 0.15) is 16.7 Å². The van der Waals surface area contributed by atoms with Crippen molar-refractivity contribution in [3.05, 3.63) is 53.1 Å². The molecule has 2 rings (SSSR count). The van der Waals surface area contributed by atoms with E-state index in [1.807, 2.05) is 43.3 Å². The largest absolute Gasteiger partial charge is 0.493 e. The van der Waals surface area contributed by atoms with E-state index in [1.165, 1.54) is 0 Å². The number of ether oxygens (including phenoxy) is 3. The third kappa shape index (κ3) is 4.79. The number of benzene rings is 2. The van der Waals surface area contributed by atoms with E-state index in [0.717, 1.165) is 16.7 Å². The first-order valence-electron chi connectivity index (χ1n) is 7.94. The highest BCUT2D eigenvalue weighted by molar-refractivity contribution is 5.74. The third-order valence-electron chi connectivity index (χ3n) is 3.88. The number of methoxy groups -OCH3 is 3. The molecule has 0 unspecified atom stereocenters. The van der Waals surface area contributed by atoms with E-state index in [4.69, 9.17) is 14.2 Å². The van der Waals surface area contributed by atoms with Gasteiger partial charge in [0.1, 0.15) is 0 Å². The highest BCUT2D eigenvalue weighted by atomic mass is 16.5. The monoisotopic (exact) mass is 344 g/mol. The van der Waals surface area contributed by atoms with Crippen LogP contribution in [-0.4, -0.2) is 27.4 Å². The lowest BCUT2D eigenvalue weighted by atomic mass is 10.1. The van der Waals surface area contributed by atoms with Gasteiger partial charge in [-0.25, -0.2) is 4.79 Å². The Balaban J connectivity index is 1.96. The Kier molecular flexibility index (Phi) is 6.51. The quantitative estimate of drug-likeness (QED) is 0.810. The molecule has 2 N–H and O–H groups in total. The maximum atomic E-state index is 12.0. The van der Waals surface area contributed by atoms with Crippen molar-refractivity contribution in [3.63, 3.8) is 0 Å². The minimum atomic E-state index is -0.239. The number of aryl methyl sites for hydroxylation is 1. The molecule has 0 spiro atoms. The summed E-state index contributed by atoms with van der Waals surface area (Å²) in [5, 5.41) is 5.68. The first kappa shape index (κ1) is 18.4. The molecule has 0 radical (unpaired) electrons. The van der Waals surface area contributed by atoms with Crippen molar-refractivity contribution in [2.75, 3.05) is 21.3 Å². The number of amides is 2. The van der Waals surface area contributed by atoms with E-state index in [2.05, 4.69) is 10.6 Å². The van der Waals surface area contributed by atoms with Crippen LogP contribution >= 0.6 is 0 Å². The van der Waals surface area contributed by atoms with Crippen LogP contribution in [0.4, 0.5) is 4.79 Å². The molecule has 6 nitrogen and oxygen atoms in total. The smallest absolute Gasteiger partial charge is 0.315 e. The molecule has 0 aromatic heterocycles. The molecule has 134 valence electrons. The van der Waals surface area contributed by atoms with Crippen LogP contribution in [0.5, 0.6) is 17.2 Å². The van der Waals surface area contributed by atoms with Crippen molar-refractivity contribution in [1.82, 2.24) is 10.6 Å². The van der Waals surface area contributed by atoms with E-state index >= 15 is 0 Å². The zero-order valence-corrected chi connectivity index (χ0v) is 15.0. The summed E-state index contributed by atoms with van der Waals surface area (Å²) in [5.74, 6) is 1.63. The molecule has 6 heteroatoms. The van der Waals surface area contributed by atoms with Crippen LogP contribution in [0.15, 0.2) is 36.4 Å². The highest BCUT2D eigenvalue weighted by Crippen LogP contribution is 2.38. The molecule has 0 aliphatic rings. The summed E-state index contributed by atoms with van der Waals surface area (Å²) in [6.45, 7) is 2.84. The predicted octanol–water partition coefficient (Wildman–Crippen LogP) is 3.02. The molecule has 25 heavy (non-hydrogen) atoms. The SMILES string of the molecule is COc1cc(CNC(=O)NCc2ccccc2C)cc(OC)c1OC. The summed E-state index contributed by atoms with van der Waals surface area (Å²) in [6.07, 6.45) is 0. The molecule has 2 amide bonds. The first-order valence-corrected chi connectivity index (χ1v) is 7.94. The van der Waals surface area contributed by atoms with Crippen molar-refractivity contribution in [3.8, 4) is 17.2 Å². The van der Waals surface area contributed by atoms with Crippen LogP contribution in [0.2, 0.25) is 0 Å². The van der Waals surface area contributed by atoms with Gasteiger partial charge in [-0.2, -0.15) is 0 Å². The molecule has 0 saturated heterocycles. The van der Waals surface area contributed by atoms with E-state index in [1.54, 1.807) is 21.3 Å². The van der Waals surface area contributed by atoms with Crippen molar-refractivity contribution in [1.29, 1.82) is 0 Å². The van der Waals surface area contributed by atoms with Gasteiger partial charge < -0.3 is 24.8 Å². The number of hydrogen-bond acceptors (Lipinski definition) is 4. The normalized spacial score (nSPS) is 10.1. The van der Waals surface area contributed by atoms with Gasteiger partial charge in [0.15, 0.2) is 11.5 Å². The lowest BCUT2D eigenvalue weighted by molar-refractivity contribution is 0.240. The first-order chi connectivity index (χ1) is 12.1. The maximum absolute atomic E-state index is 12.0. The van der Waals surface area contributed by atoms with Gasteiger partial charge in [-0.05, 0) is 35.7 Å². The molecule has 2 aromatic rings. The average molecular weight is 344 g/mol. The van der Waals surface area contributed by atoms with E-state index in [0.29, 0.717) is 30.3 Å². The second-order valence-corrected chi connectivity index (χ2v) is 5.50. The Bertz CT molecular complexity index is 706. The minimum absolute atomic E-state index is 0.239. The number of carbonyl (C=O) groups is 1. The molecule has 0 heterocycles. The summed E-state index contributed by atoms with van der Waals surface area (Å²) in [5.41, 5.74) is 3.08. The second kappa shape index (κ2) is 8.82. The van der Waals surface area contributed by atoms with Crippen LogP contribution in [0, 0.1) is 6.92 Å². The van der Waals surface area contributed by atoms with Gasteiger partial charge in [0.05, 0.1) is 21.3 Å². The zero-order chi connectivity index (χ0) is 18.2. The molecular weight excluding hydrogens is 320 g/mol. The number of urea groups is 1. The fourth-order valence-corrected chi connectivity index (χ4v) is 2.47. The fourth-order valence-electron chi connectivity index (χ4n) is 2.47. The van der Waals surface area contributed by atoms with E-state index in [9.17, 15) is 4.79 Å². The predicted molar refractivity (Wildman–Crippen MR) is 96.4 cm³/mol. The topological polar surface area (TPSA) is 68.8 Å². The minimum Gasteiger partial charge on any atom is -0.493 e. The van der Waals surface area contributed by atoms with E-state index in [-0.39, 0.29) is 6.03 Å². The summed E-state index contributed by atoms with van der Waals surface area (Å²) in [7, 11) is 4.67. The molecule has 0 aliphatic heterocycles. The standard InChI is InChI=1S/C19H24N2O4/c1-13-7-5-6-8-15(13)12-21-19(22)20-11-14-9-16(23-2)18(25-4)17(10-14)24-3/h5-10H,11-12H2,1-4H3,(H2,20,21,22). The lowest BCUT2D eigenvalue weighted by Gasteiger charge is -2.15. The van der Waals surface area contributed by atoms with Gasteiger partial charge >= 0.3 is 6.03 Å². The molecule has 0 saturated carbocycles. The van der Waals surface area contributed by atoms with Crippen molar-refractivity contribution in [2.45, 2.75) is 20.0 Å². The molecule has 2 aromatic carbocycles. The van der Waals surface area contributed by atoms with Crippen LogP contribution in [-0.2, 0) is 13.1 Å². The number of nitrogens with one attached hydrogen (secondary N) is 2. The molecule has 0 bridgehead atoms. The summed E-state index contributed by atoms with van der Waals surface area (Å²) in [6, 6.07) is 11.3. The Morgan fingerprint density at radius 1 is 0.920 bits per heavy atom. The van der Waals surface area contributed by atoms with Crippen molar-refractivity contribution < 1.29 is 19.0 Å². The van der Waals surface area contributed by atoms with E-state index < -0.39 is 0 Å².